The molecule has 1 fully saturated rings. The van der Waals surface area contributed by atoms with E-state index in [0.29, 0.717) is 6.04 Å². The van der Waals surface area contributed by atoms with E-state index in [1.165, 1.54) is 25.1 Å². The van der Waals surface area contributed by atoms with Crippen molar-refractivity contribution in [1.29, 1.82) is 5.41 Å². The van der Waals surface area contributed by atoms with Crippen molar-refractivity contribution in [1.82, 2.24) is 15.1 Å². The van der Waals surface area contributed by atoms with Gasteiger partial charge in [0.1, 0.15) is 5.82 Å². The Morgan fingerprint density at radius 2 is 1.97 bits per heavy atom. The second-order valence-electron chi connectivity index (χ2n) is 8.57. The van der Waals surface area contributed by atoms with Crippen LogP contribution >= 0.6 is 0 Å². The fraction of sp³-hybridized carbons (Fsp3) is 0.333. The van der Waals surface area contributed by atoms with Crippen LogP contribution in [-0.2, 0) is 7.05 Å². The standard InChI is InChI=1S/C24H27FN6/c1-15-14-31(24-20-11-18(25)5-9-21(20)30(3)28-24)23-10-16(4-8-22(23)29(15)2)17(12-26)13-27-19-6-7-19/h4-5,8-13,15,19,26-27H,6-7,14H2,1-3H3/b17-13+,26-12?. The van der Waals surface area contributed by atoms with Gasteiger partial charge in [0.25, 0.3) is 0 Å². The van der Waals surface area contributed by atoms with Crippen LogP contribution in [0, 0.1) is 11.2 Å². The summed E-state index contributed by atoms with van der Waals surface area (Å²) < 4.78 is 15.9. The molecule has 1 saturated carbocycles. The molecule has 1 aliphatic heterocycles. The van der Waals surface area contributed by atoms with Gasteiger partial charge in [-0.1, -0.05) is 6.07 Å². The summed E-state index contributed by atoms with van der Waals surface area (Å²) in [6.45, 7) is 2.91. The molecule has 31 heavy (non-hydrogen) atoms. The van der Waals surface area contributed by atoms with Crippen LogP contribution in [0.3, 0.4) is 0 Å². The summed E-state index contributed by atoms with van der Waals surface area (Å²) in [4.78, 5) is 4.44. The number of aryl methyl sites for hydroxylation is 1. The van der Waals surface area contributed by atoms with Gasteiger partial charge >= 0.3 is 0 Å². The van der Waals surface area contributed by atoms with Crippen LogP contribution in [0.25, 0.3) is 16.5 Å². The van der Waals surface area contributed by atoms with E-state index in [0.717, 1.165) is 45.8 Å². The molecule has 1 aliphatic carbocycles. The van der Waals surface area contributed by atoms with Crippen LogP contribution in [-0.4, -0.2) is 41.7 Å². The number of likely N-dealkylation sites (N-methyl/N-ethyl adjacent to an activating group) is 1. The van der Waals surface area contributed by atoms with E-state index in [-0.39, 0.29) is 11.9 Å². The first-order valence-electron chi connectivity index (χ1n) is 10.7. The number of nitrogens with zero attached hydrogens (tertiary/aromatic N) is 4. The van der Waals surface area contributed by atoms with Gasteiger partial charge in [-0.2, -0.15) is 5.10 Å². The molecule has 1 unspecified atom stereocenters. The number of hydrogen-bond donors (Lipinski definition) is 2. The first-order valence-corrected chi connectivity index (χ1v) is 10.7. The fourth-order valence-electron chi connectivity index (χ4n) is 4.23. The number of hydrogen-bond acceptors (Lipinski definition) is 5. The summed E-state index contributed by atoms with van der Waals surface area (Å²) >= 11 is 0. The van der Waals surface area contributed by atoms with E-state index < -0.39 is 0 Å². The molecule has 0 spiro atoms. The Hall–Kier alpha value is -3.35. The number of benzene rings is 2. The molecule has 1 aromatic heterocycles. The highest BCUT2D eigenvalue weighted by molar-refractivity contribution is 6.09. The zero-order chi connectivity index (χ0) is 21.7. The monoisotopic (exact) mass is 418 g/mol. The fourth-order valence-corrected chi connectivity index (χ4v) is 4.23. The average Bonchev–Trinajstić information content (AvgIpc) is 3.54. The topological polar surface area (TPSA) is 60.2 Å². The number of aromatic nitrogens is 2. The van der Waals surface area contributed by atoms with Crippen LogP contribution in [0.15, 0.2) is 42.6 Å². The lowest BCUT2D eigenvalue weighted by molar-refractivity contribution is 0.629. The van der Waals surface area contributed by atoms with Crippen LogP contribution < -0.4 is 15.1 Å². The third-order valence-electron chi connectivity index (χ3n) is 6.34. The quantitative estimate of drug-likeness (QED) is 0.602. The van der Waals surface area contributed by atoms with Crippen molar-refractivity contribution in [3.63, 3.8) is 0 Å². The normalized spacial score (nSPS) is 19.0. The Labute approximate surface area is 181 Å². The van der Waals surface area contributed by atoms with E-state index in [1.807, 2.05) is 13.2 Å². The van der Waals surface area contributed by atoms with Gasteiger partial charge in [0.05, 0.1) is 16.9 Å². The zero-order valence-electron chi connectivity index (χ0n) is 18.1. The smallest absolute Gasteiger partial charge is 0.163 e. The van der Waals surface area contributed by atoms with Crippen LogP contribution in [0.1, 0.15) is 25.3 Å². The van der Waals surface area contributed by atoms with E-state index >= 15 is 0 Å². The molecule has 1 atom stereocenters. The zero-order valence-corrected chi connectivity index (χ0v) is 18.1. The molecule has 0 bridgehead atoms. The summed E-state index contributed by atoms with van der Waals surface area (Å²) in [6.07, 6.45) is 5.71. The number of anilines is 3. The number of halogens is 1. The Morgan fingerprint density at radius 1 is 1.16 bits per heavy atom. The molecule has 3 aromatic rings. The average molecular weight is 419 g/mol. The first-order chi connectivity index (χ1) is 15.0. The first kappa shape index (κ1) is 19.6. The van der Waals surface area contributed by atoms with Crippen molar-refractivity contribution in [2.45, 2.75) is 31.8 Å². The van der Waals surface area contributed by atoms with Crippen molar-refractivity contribution in [2.24, 2.45) is 7.05 Å². The molecule has 2 aliphatic rings. The van der Waals surface area contributed by atoms with E-state index in [1.54, 1.807) is 16.8 Å². The van der Waals surface area contributed by atoms with E-state index in [9.17, 15) is 4.39 Å². The molecule has 160 valence electrons. The third-order valence-corrected chi connectivity index (χ3v) is 6.34. The molecular weight excluding hydrogens is 391 g/mol. The van der Waals surface area contributed by atoms with Gasteiger partial charge in [0, 0.05) is 56.1 Å². The summed E-state index contributed by atoms with van der Waals surface area (Å²) in [5.41, 5.74) is 4.82. The van der Waals surface area contributed by atoms with Gasteiger partial charge in [-0.25, -0.2) is 4.39 Å². The van der Waals surface area contributed by atoms with Gasteiger partial charge in [-0.15, -0.1) is 0 Å². The lowest BCUT2D eigenvalue weighted by Crippen LogP contribution is -2.44. The predicted octanol–water partition coefficient (Wildman–Crippen LogP) is 4.43. The highest BCUT2D eigenvalue weighted by atomic mass is 19.1. The van der Waals surface area contributed by atoms with Crippen molar-refractivity contribution in [3.8, 4) is 0 Å². The summed E-state index contributed by atoms with van der Waals surface area (Å²) in [6, 6.07) is 11.9. The highest BCUT2D eigenvalue weighted by Crippen LogP contribution is 2.42. The van der Waals surface area contributed by atoms with Gasteiger partial charge in [-0.3, -0.25) is 4.68 Å². The number of fused-ring (bicyclic) bond motifs is 2. The summed E-state index contributed by atoms with van der Waals surface area (Å²) in [5.74, 6) is 0.491. The van der Waals surface area contributed by atoms with Crippen LogP contribution in [0.2, 0.25) is 0 Å². The minimum Gasteiger partial charge on any atom is -0.388 e. The third kappa shape index (κ3) is 3.44. The number of allylic oxidation sites excluding steroid dienone is 1. The lowest BCUT2D eigenvalue weighted by Gasteiger charge is -2.41. The predicted molar refractivity (Wildman–Crippen MR) is 125 cm³/mol. The largest absolute Gasteiger partial charge is 0.388 e. The van der Waals surface area contributed by atoms with E-state index in [4.69, 9.17) is 10.5 Å². The molecule has 0 amide bonds. The second-order valence-corrected chi connectivity index (χ2v) is 8.57. The SMILES string of the molecule is CC1CN(c2nn(C)c3ccc(F)cc23)c2cc(/C(C=N)=C/NC3CC3)ccc2N1C. The van der Waals surface area contributed by atoms with Gasteiger partial charge < -0.3 is 20.5 Å². The molecule has 6 nitrogen and oxygen atoms in total. The van der Waals surface area contributed by atoms with Crippen LogP contribution in [0.4, 0.5) is 21.6 Å². The maximum absolute atomic E-state index is 14.1. The Balaban J connectivity index is 1.64. The molecule has 0 radical (unpaired) electrons. The van der Waals surface area contributed by atoms with Crippen LogP contribution in [0.5, 0.6) is 0 Å². The van der Waals surface area contributed by atoms with E-state index in [2.05, 4.69) is 47.3 Å². The van der Waals surface area contributed by atoms with Gasteiger partial charge in [0.2, 0.25) is 0 Å². The van der Waals surface area contributed by atoms with Crippen molar-refractivity contribution >= 4 is 39.9 Å². The van der Waals surface area contributed by atoms with Crippen molar-refractivity contribution in [2.75, 3.05) is 23.4 Å². The Morgan fingerprint density at radius 3 is 2.71 bits per heavy atom. The second kappa shape index (κ2) is 7.41. The van der Waals surface area contributed by atoms with Gasteiger partial charge in [-0.05, 0) is 55.7 Å². The minimum atomic E-state index is -0.266. The Kier molecular flexibility index (Phi) is 4.68. The summed E-state index contributed by atoms with van der Waals surface area (Å²) in [5, 5.41) is 16.9. The van der Waals surface area contributed by atoms with Gasteiger partial charge in [0.15, 0.2) is 5.82 Å². The molecule has 0 saturated heterocycles. The molecular formula is C24H27FN6. The van der Waals surface area contributed by atoms with Crippen molar-refractivity contribution < 1.29 is 4.39 Å². The van der Waals surface area contributed by atoms with Crippen molar-refractivity contribution in [3.05, 3.63) is 54.0 Å². The molecule has 2 aromatic carbocycles. The Bertz CT molecular complexity index is 1190. The maximum Gasteiger partial charge on any atom is 0.163 e. The minimum absolute atomic E-state index is 0.262. The molecule has 5 rings (SSSR count). The highest BCUT2D eigenvalue weighted by Gasteiger charge is 2.30. The number of rotatable bonds is 5. The number of nitrogens with one attached hydrogen (secondary N) is 2. The summed E-state index contributed by atoms with van der Waals surface area (Å²) in [7, 11) is 3.98. The maximum atomic E-state index is 14.1. The lowest BCUT2D eigenvalue weighted by atomic mass is 10.0. The molecule has 2 heterocycles. The molecule has 7 heteroatoms. The molecule has 2 N–H and O–H groups in total.